The fourth-order valence-electron chi connectivity index (χ4n) is 6.89. The van der Waals surface area contributed by atoms with Gasteiger partial charge < -0.3 is 20.6 Å². The number of hydrogen-bond acceptors (Lipinski definition) is 4. The molecular formula is C44H87NO4. The van der Waals surface area contributed by atoms with Gasteiger partial charge in [-0.3, -0.25) is 4.79 Å². The Morgan fingerprint density at radius 3 is 1.12 bits per heavy atom. The van der Waals surface area contributed by atoms with E-state index in [0.29, 0.717) is 6.42 Å². The Bertz CT molecular complexity index is 684. The molecule has 0 rings (SSSR count). The average Bonchev–Trinajstić information content (AvgIpc) is 3.11. The van der Waals surface area contributed by atoms with E-state index >= 15 is 0 Å². The zero-order valence-corrected chi connectivity index (χ0v) is 33.1. The van der Waals surface area contributed by atoms with E-state index in [2.05, 4.69) is 19.2 Å². The van der Waals surface area contributed by atoms with Crippen molar-refractivity contribution >= 4 is 5.91 Å². The third kappa shape index (κ3) is 35.3. The molecule has 3 unspecified atom stereocenters. The zero-order valence-electron chi connectivity index (χ0n) is 33.1. The van der Waals surface area contributed by atoms with Gasteiger partial charge in [0.15, 0.2) is 0 Å². The highest BCUT2D eigenvalue weighted by Crippen LogP contribution is 2.16. The Kier molecular flexibility index (Phi) is 39.1. The molecule has 0 radical (unpaired) electrons. The molecule has 0 heterocycles. The lowest BCUT2D eigenvalue weighted by molar-refractivity contribution is -0.131. The minimum atomic E-state index is -1.09. The van der Waals surface area contributed by atoms with Gasteiger partial charge in [0.2, 0.25) is 5.91 Å². The van der Waals surface area contributed by atoms with Crippen molar-refractivity contribution in [1.82, 2.24) is 5.32 Å². The first-order valence-electron chi connectivity index (χ1n) is 22.0. The van der Waals surface area contributed by atoms with Crippen LogP contribution >= 0.6 is 0 Å². The van der Waals surface area contributed by atoms with Crippen LogP contribution in [0, 0.1) is 0 Å². The molecule has 49 heavy (non-hydrogen) atoms. The normalized spacial score (nSPS) is 13.7. The van der Waals surface area contributed by atoms with Crippen molar-refractivity contribution in [3.8, 4) is 0 Å². The number of amides is 1. The standard InChI is InChI=1S/C44H87NO4/c1-3-5-7-9-11-13-15-17-18-19-20-21-22-23-24-25-26-27-29-30-32-34-36-38-42(47)41(40-46)45-44(49)43(48)39-37-35-33-31-28-16-14-12-10-8-6-4-2/h36,38,41-43,46-48H,3-35,37,39-40H2,1-2H3,(H,45,49)/b38-36+. The second-order valence-electron chi connectivity index (χ2n) is 15.3. The molecule has 0 aliphatic carbocycles. The maximum absolute atomic E-state index is 12.4. The molecular weight excluding hydrogens is 606 g/mol. The van der Waals surface area contributed by atoms with Gasteiger partial charge in [0.05, 0.1) is 18.8 Å². The Morgan fingerprint density at radius 1 is 0.490 bits per heavy atom. The molecule has 1 amide bonds. The van der Waals surface area contributed by atoms with Crippen LogP contribution in [0.15, 0.2) is 12.2 Å². The number of aliphatic hydroxyl groups is 3. The summed E-state index contributed by atoms with van der Waals surface area (Å²) in [6.07, 6.45) is 46.8. The molecule has 5 heteroatoms. The summed E-state index contributed by atoms with van der Waals surface area (Å²) in [7, 11) is 0. The van der Waals surface area contributed by atoms with Crippen LogP contribution in [0.2, 0.25) is 0 Å². The van der Waals surface area contributed by atoms with E-state index in [1.807, 2.05) is 6.08 Å². The average molecular weight is 694 g/mol. The molecule has 0 fully saturated rings. The third-order valence-electron chi connectivity index (χ3n) is 10.4. The Labute approximate surface area is 306 Å². The number of nitrogens with one attached hydrogen (secondary N) is 1. The van der Waals surface area contributed by atoms with Crippen molar-refractivity contribution in [1.29, 1.82) is 0 Å². The van der Waals surface area contributed by atoms with Crippen LogP contribution < -0.4 is 5.32 Å². The highest BCUT2D eigenvalue weighted by atomic mass is 16.3. The first-order chi connectivity index (χ1) is 24.1. The molecule has 4 N–H and O–H groups in total. The molecule has 0 aromatic carbocycles. The number of carbonyl (C=O) groups is 1. The number of aliphatic hydroxyl groups excluding tert-OH is 3. The summed E-state index contributed by atoms with van der Waals surface area (Å²) >= 11 is 0. The Morgan fingerprint density at radius 2 is 0.796 bits per heavy atom. The van der Waals surface area contributed by atoms with Gasteiger partial charge in [0.1, 0.15) is 6.10 Å². The van der Waals surface area contributed by atoms with Crippen molar-refractivity contribution in [2.75, 3.05) is 6.61 Å². The Balaban J connectivity index is 3.61. The largest absolute Gasteiger partial charge is 0.394 e. The van der Waals surface area contributed by atoms with Crippen molar-refractivity contribution in [2.24, 2.45) is 0 Å². The minimum absolute atomic E-state index is 0.359. The van der Waals surface area contributed by atoms with E-state index in [1.54, 1.807) is 6.08 Å². The Hall–Kier alpha value is -0.910. The lowest BCUT2D eigenvalue weighted by Crippen LogP contribution is -2.48. The molecule has 5 nitrogen and oxygen atoms in total. The van der Waals surface area contributed by atoms with Crippen LogP contribution in [0.1, 0.15) is 239 Å². The van der Waals surface area contributed by atoms with Crippen molar-refractivity contribution in [3.63, 3.8) is 0 Å². The summed E-state index contributed by atoms with van der Waals surface area (Å²) < 4.78 is 0. The second kappa shape index (κ2) is 39.9. The van der Waals surface area contributed by atoms with Crippen LogP contribution in [0.5, 0.6) is 0 Å². The fraction of sp³-hybridized carbons (Fsp3) is 0.932. The van der Waals surface area contributed by atoms with Gasteiger partial charge in [-0.15, -0.1) is 0 Å². The zero-order chi connectivity index (χ0) is 35.9. The summed E-state index contributed by atoms with van der Waals surface area (Å²) in [5.41, 5.74) is 0. The van der Waals surface area contributed by atoms with Crippen LogP contribution in [0.3, 0.4) is 0 Å². The molecule has 0 aliphatic rings. The highest BCUT2D eigenvalue weighted by molar-refractivity contribution is 5.80. The molecule has 0 aromatic rings. The van der Waals surface area contributed by atoms with Crippen LogP contribution in [0.4, 0.5) is 0 Å². The number of rotatable bonds is 40. The maximum atomic E-state index is 12.4. The third-order valence-corrected chi connectivity index (χ3v) is 10.4. The van der Waals surface area contributed by atoms with Gasteiger partial charge in [0.25, 0.3) is 0 Å². The summed E-state index contributed by atoms with van der Waals surface area (Å²) in [5.74, 6) is -0.501. The van der Waals surface area contributed by atoms with E-state index < -0.39 is 24.2 Å². The van der Waals surface area contributed by atoms with E-state index in [0.717, 1.165) is 32.1 Å². The maximum Gasteiger partial charge on any atom is 0.249 e. The minimum Gasteiger partial charge on any atom is -0.394 e. The quantitative estimate of drug-likeness (QED) is 0.0380. The number of unbranched alkanes of at least 4 members (excludes halogenated alkanes) is 32. The number of hydrogen-bond donors (Lipinski definition) is 4. The monoisotopic (exact) mass is 694 g/mol. The SMILES string of the molecule is CCCCCCCCCCCCCCCCCCCCCCC/C=C/C(O)C(CO)NC(=O)C(O)CCCCCCCCCCCCCC. The van der Waals surface area contributed by atoms with Crippen molar-refractivity contribution in [3.05, 3.63) is 12.2 Å². The van der Waals surface area contributed by atoms with Crippen molar-refractivity contribution in [2.45, 2.75) is 257 Å². The summed E-state index contributed by atoms with van der Waals surface area (Å²) in [6.45, 7) is 4.18. The van der Waals surface area contributed by atoms with E-state index in [-0.39, 0.29) is 6.61 Å². The van der Waals surface area contributed by atoms with Gasteiger partial charge in [-0.05, 0) is 19.3 Å². The molecule has 292 valence electrons. The van der Waals surface area contributed by atoms with Gasteiger partial charge in [0, 0.05) is 0 Å². The van der Waals surface area contributed by atoms with E-state index in [1.165, 1.54) is 186 Å². The van der Waals surface area contributed by atoms with Crippen LogP contribution in [-0.4, -0.2) is 46.1 Å². The van der Waals surface area contributed by atoms with Gasteiger partial charge in [-0.25, -0.2) is 0 Å². The predicted octanol–water partition coefficient (Wildman–Crippen LogP) is 12.4. The predicted molar refractivity (Wildman–Crippen MR) is 213 cm³/mol. The van der Waals surface area contributed by atoms with Gasteiger partial charge in [-0.2, -0.15) is 0 Å². The van der Waals surface area contributed by atoms with Crippen LogP contribution in [0.25, 0.3) is 0 Å². The molecule has 0 aromatic heterocycles. The van der Waals surface area contributed by atoms with Crippen LogP contribution in [-0.2, 0) is 4.79 Å². The first-order valence-corrected chi connectivity index (χ1v) is 22.0. The second-order valence-corrected chi connectivity index (χ2v) is 15.3. The molecule has 3 atom stereocenters. The first kappa shape index (κ1) is 48.1. The summed E-state index contributed by atoms with van der Waals surface area (Å²) in [4.78, 5) is 12.4. The van der Waals surface area contributed by atoms with Crippen molar-refractivity contribution < 1.29 is 20.1 Å². The fourth-order valence-corrected chi connectivity index (χ4v) is 6.89. The number of carbonyl (C=O) groups excluding carboxylic acids is 1. The lowest BCUT2D eigenvalue weighted by Gasteiger charge is -2.21. The molecule has 0 saturated carbocycles. The molecule has 0 spiro atoms. The molecule has 0 aliphatic heterocycles. The molecule has 0 saturated heterocycles. The number of allylic oxidation sites excluding steroid dienone is 1. The highest BCUT2D eigenvalue weighted by Gasteiger charge is 2.22. The van der Waals surface area contributed by atoms with Gasteiger partial charge >= 0.3 is 0 Å². The summed E-state index contributed by atoms with van der Waals surface area (Å²) in [5, 5.41) is 33.1. The lowest BCUT2D eigenvalue weighted by atomic mass is 10.0. The van der Waals surface area contributed by atoms with Gasteiger partial charge in [-0.1, -0.05) is 231 Å². The molecule has 0 bridgehead atoms. The smallest absolute Gasteiger partial charge is 0.249 e. The summed E-state index contributed by atoms with van der Waals surface area (Å²) in [6, 6.07) is -0.792. The van der Waals surface area contributed by atoms with E-state index in [9.17, 15) is 20.1 Å². The van der Waals surface area contributed by atoms with E-state index in [4.69, 9.17) is 0 Å². The topological polar surface area (TPSA) is 89.8 Å².